The molecule has 0 aliphatic heterocycles. The van der Waals surface area contributed by atoms with Crippen molar-refractivity contribution >= 4 is 33.2 Å². The number of benzene rings is 1. The lowest BCUT2D eigenvalue weighted by Crippen LogP contribution is -1.87. The first-order valence-corrected chi connectivity index (χ1v) is 5.64. The van der Waals surface area contributed by atoms with Gasteiger partial charge in [-0.1, -0.05) is 18.2 Å². The lowest BCUT2D eigenvalue weighted by molar-refractivity contribution is 1.02. The average Bonchev–Trinajstić information content (AvgIpc) is 2.54. The molecular formula is C12H11NS. The third kappa shape index (κ3) is 1.07. The first kappa shape index (κ1) is 8.06. The Morgan fingerprint density at radius 1 is 1.29 bits per heavy atom. The van der Waals surface area contributed by atoms with E-state index in [-0.39, 0.29) is 0 Å². The van der Waals surface area contributed by atoms with Crippen molar-refractivity contribution in [2.45, 2.75) is 12.8 Å². The smallest absolute Gasteiger partial charge is 0.0372 e. The molecule has 0 amide bonds. The molecule has 1 heterocycles. The van der Waals surface area contributed by atoms with Gasteiger partial charge < -0.3 is 5.73 Å². The third-order valence-corrected chi connectivity index (χ3v) is 3.88. The minimum absolute atomic E-state index is 0.861. The lowest BCUT2D eigenvalue weighted by atomic mass is 10.0. The Kier molecular flexibility index (Phi) is 1.64. The van der Waals surface area contributed by atoms with Gasteiger partial charge in [0.1, 0.15) is 0 Å². The molecule has 0 fully saturated rings. The summed E-state index contributed by atoms with van der Waals surface area (Å²) in [4.78, 5) is 1.51. The molecular weight excluding hydrogens is 190 g/mol. The molecule has 0 unspecified atom stereocenters. The molecule has 1 nitrogen and oxygen atoms in total. The van der Waals surface area contributed by atoms with E-state index in [0.717, 1.165) is 5.69 Å². The van der Waals surface area contributed by atoms with E-state index in [9.17, 15) is 0 Å². The molecule has 0 radical (unpaired) electrons. The Labute approximate surface area is 86.9 Å². The zero-order valence-corrected chi connectivity index (χ0v) is 8.60. The van der Waals surface area contributed by atoms with E-state index >= 15 is 0 Å². The van der Waals surface area contributed by atoms with Crippen LogP contribution >= 0.6 is 11.3 Å². The van der Waals surface area contributed by atoms with Crippen molar-refractivity contribution in [2.24, 2.45) is 0 Å². The van der Waals surface area contributed by atoms with Crippen LogP contribution in [0, 0.1) is 0 Å². The lowest BCUT2D eigenvalue weighted by Gasteiger charge is -2.03. The summed E-state index contributed by atoms with van der Waals surface area (Å²) in [5.41, 5.74) is 8.04. The number of nitrogen functional groups attached to an aromatic ring is 1. The quantitative estimate of drug-likeness (QED) is 0.649. The fraction of sp³-hybridized carbons (Fsp3) is 0.167. The summed E-state index contributed by atoms with van der Waals surface area (Å²) in [6.07, 6.45) is 6.86. The minimum atomic E-state index is 0.861. The average molecular weight is 201 g/mol. The molecule has 2 aromatic rings. The summed E-state index contributed by atoms with van der Waals surface area (Å²) in [6, 6.07) is 6.19. The van der Waals surface area contributed by atoms with Crippen LogP contribution in [-0.2, 0) is 6.42 Å². The molecule has 0 saturated heterocycles. The Hall–Kier alpha value is -1.28. The van der Waals surface area contributed by atoms with Crippen molar-refractivity contribution in [1.29, 1.82) is 0 Å². The van der Waals surface area contributed by atoms with Gasteiger partial charge in [0.15, 0.2) is 0 Å². The first-order chi connectivity index (χ1) is 6.84. The highest BCUT2D eigenvalue weighted by atomic mass is 32.1. The van der Waals surface area contributed by atoms with Crippen molar-refractivity contribution in [2.75, 3.05) is 5.73 Å². The number of hydrogen-bond donors (Lipinski definition) is 1. The predicted octanol–water partition coefficient (Wildman–Crippen LogP) is 3.44. The van der Waals surface area contributed by atoms with E-state index in [1.54, 1.807) is 0 Å². The first-order valence-electron chi connectivity index (χ1n) is 4.82. The van der Waals surface area contributed by atoms with E-state index in [1.807, 2.05) is 17.4 Å². The van der Waals surface area contributed by atoms with Gasteiger partial charge in [0, 0.05) is 20.7 Å². The van der Waals surface area contributed by atoms with Gasteiger partial charge in [-0.05, 0) is 30.5 Å². The number of allylic oxidation sites excluding steroid dienone is 1. The summed E-state index contributed by atoms with van der Waals surface area (Å²) in [7, 11) is 0. The van der Waals surface area contributed by atoms with Crippen LogP contribution in [0.4, 0.5) is 5.69 Å². The summed E-state index contributed by atoms with van der Waals surface area (Å²) in [5, 5.41) is 1.36. The van der Waals surface area contributed by atoms with Crippen LogP contribution in [0.25, 0.3) is 16.2 Å². The van der Waals surface area contributed by atoms with Crippen molar-refractivity contribution in [3.8, 4) is 0 Å². The molecule has 1 aromatic carbocycles. The van der Waals surface area contributed by atoms with E-state index in [4.69, 9.17) is 5.73 Å². The van der Waals surface area contributed by atoms with Gasteiger partial charge in [0.2, 0.25) is 0 Å². The number of hydrogen-bond acceptors (Lipinski definition) is 2. The zero-order chi connectivity index (χ0) is 9.54. The zero-order valence-electron chi connectivity index (χ0n) is 7.79. The van der Waals surface area contributed by atoms with Gasteiger partial charge in [-0.2, -0.15) is 0 Å². The summed E-state index contributed by atoms with van der Waals surface area (Å²) < 4.78 is 1.32. The van der Waals surface area contributed by atoms with Gasteiger partial charge >= 0.3 is 0 Å². The van der Waals surface area contributed by atoms with Crippen molar-refractivity contribution < 1.29 is 0 Å². The third-order valence-electron chi connectivity index (χ3n) is 2.65. The van der Waals surface area contributed by atoms with E-state index in [0.29, 0.717) is 0 Å². The van der Waals surface area contributed by atoms with E-state index < -0.39 is 0 Å². The predicted molar refractivity (Wildman–Crippen MR) is 63.6 cm³/mol. The second-order valence-electron chi connectivity index (χ2n) is 3.64. The normalized spacial score (nSPS) is 14.6. The topological polar surface area (TPSA) is 26.0 Å². The highest BCUT2D eigenvalue weighted by Gasteiger charge is 2.11. The summed E-state index contributed by atoms with van der Waals surface area (Å²) >= 11 is 1.88. The van der Waals surface area contributed by atoms with Crippen LogP contribution in [0.5, 0.6) is 0 Å². The molecule has 1 aliphatic carbocycles. The highest BCUT2D eigenvalue weighted by molar-refractivity contribution is 7.19. The molecule has 0 spiro atoms. The Morgan fingerprint density at radius 2 is 2.21 bits per heavy atom. The number of nitrogens with two attached hydrogens (primary N) is 1. The molecule has 70 valence electrons. The molecule has 0 atom stereocenters. The maximum atomic E-state index is 5.77. The molecule has 2 N–H and O–H groups in total. The van der Waals surface area contributed by atoms with Crippen molar-refractivity contribution in [3.63, 3.8) is 0 Å². The maximum absolute atomic E-state index is 5.77. The van der Waals surface area contributed by atoms with E-state index in [1.165, 1.54) is 33.4 Å². The van der Waals surface area contributed by atoms with Crippen LogP contribution in [0.15, 0.2) is 24.3 Å². The molecule has 1 aromatic heterocycles. The number of rotatable bonds is 0. The monoisotopic (exact) mass is 201 g/mol. The van der Waals surface area contributed by atoms with Gasteiger partial charge in [-0.3, -0.25) is 0 Å². The largest absolute Gasteiger partial charge is 0.399 e. The van der Waals surface area contributed by atoms with Crippen LogP contribution in [0.3, 0.4) is 0 Å². The summed E-state index contributed by atoms with van der Waals surface area (Å²) in [5.74, 6) is 0. The second kappa shape index (κ2) is 2.85. The number of aryl methyl sites for hydroxylation is 1. The second-order valence-corrected chi connectivity index (χ2v) is 4.77. The molecule has 1 aliphatic rings. The van der Waals surface area contributed by atoms with Crippen LogP contribution in [0.2, 0.25) is 0 Å². The number of anilines is 1. The Morgan fingerprint density at radius 3 is 3.14 bits per heavy atom. The number of thiophene rings is 1. The van der Waals surface area contributed by atoms with Gasteiger partial charge in [0.05, 0.1) is 0 Å². The van der Waals surface area contributed by atoms with Crippen LogP contribution < -0.4 is 5.73 Å². The minimum Gasteiger partial charge on any atom is -0.399 e. The van der Waals surface area contributed by atoms with Crippen molar-refractivity contribution in [3.05, 3.63) is 34.7 Å². The van der Waals surface area contributed by atoms with E-state index in [2.05, 4.69) is 24.3 Å². The SMILES string of the molecule is Nc1ccc2c3c(sc2c1)CCC=C3. The van der Waals surface area contributed by atoms with Gasteiger partial charge in [-0.25, -0.2) is 0 Å². The maximum Gasteiger partial charge on any atom is 0.0372 e. The van der Waals surface area contributed by atoms with Crippen LogP contribution in [-0.4, -0.2) is 0 Å². The molecule has 3 rings (SSSR count). The van der Waals surface area contributed by atoms with Gasteiger partial charge in [0.25, 0.3) is 0 Å². The molecule has 14 heavy (non-hydrogen) atoms. The van der Waals surface area contributed by atoms with Crippen LogP contribution in [0.1, 0.15) is 16.9 Å². The van der Waals surface area contributed by atoms with Crippen molar-refractivity contribution in [1.82, 2.24) is 0 Å². The molecule has 2 heteroatoms. The molecule has 0 bridgehead atoms. The molecule has 0 saturated carbocycles. The fourth-order valence-electron chi connectivity index (χ4n) is 1.97. The fourth-order valence-corrected chi connectivity index (χ4v) is 3.22. The Bertz CT molecular complexity index is 522. The standard InChI is InChI=1S/C12H11NS/c13-8-5-6-10-9-3-1-2-4-11(9)14-12(10)7-8/h1,3,5-7H,2,4,13H2. The summed E-state index contributed by atoms with van der Waals surface area (Å²) in [6.45, 7) is 0. The highest BCUT2D eigenvalue weighted by Crippen LogP contribution is 2.36. The Balaban J connectivity index is 2.38. The van der Waals surface area contributed by atoms with Gasteiger partial charge in [-0.15, -0.1) is 11.3 Å². The number of fused-ring (bicyclic) bond motifs is 3.